The van der Waals surface area contributed by atoms with Crippen LogP contribution in [0.5, 0.6) is 0 Å². The van der Waals surface area contributed by atoms with Crippen LogP contribution < -0.4 is 10.2 Å². The summed E-state index contributed by atoms with van der Waals surface area (Å²) in [7, 11) is 0. The van der Waals surface area contributed by atoms with Gasteiger partial charge in [-0.05, 0) is 36.1 Å². The van der Waals surface area contributed by atoms with E-state index in [4.69, 9.17) is 11.6 Å². The fourth-order valence-corrected chi connectivity index (χ4v) is 5.13. The second kappa shape index (κ2) is 7.57. The number of fused-ring (bicyclic) bond motifs is 2. The summed E-state index contributed by atoms with van der Waals surface area (Å²) in [5, 5.41) is 3.56. The standard InChI is InChI=1S/C23H23ClN4O3/c24-18-7-3-4-8-19(18)26-11-13-27(14-12-26)20(29)15-28-21(30)23(25-22(28)31)10-9-16-5-1-2-6-17(16)23/h1-8H,9-15H2,(H,25,31)/t23-/m0/s1. The van der Waals surface area contributed by atoms with Crippen LogP contribution in [0.3, 0.4) is 0 Å². The molecule has 2 aromatic rings. The Balaban J connectivity index is 1.25. The summed E-state index contributed by atoms with van der Waals surface area (Å²) in [4.78, 5) is 43.7. The quantitative estimate of drug-likeness (QED) is 0.747. The average molecular weight is 439 g/mol. The predicted octanol–water partition coefficient (Wildman–Crippen LogP) is 2.38. The minimum atomic E-state index is -1.03. The summed E-state index contributed by atoms with van der Waals surface area (Å²) in [6.07, 6.45) is 1.26. The molecule has 2 heterocycles. The molecule has 1 atom stereocenters. The van der Waals surface area contributed by atoms with E-state index in [1.165, 1.54) is 0 Å². The van der Waals surface area contributed by atoms with Gasteiger partial charge in [-0.1, -0.05) is 48.0 Å². The maximum atomic E-state index is 13.2. The highest BCUT2D eigenvalue weighted by atomic mass is 35.5. The average Bonchev–Trinajstić information content (AvgIpc) is 3.27. The number of hydrogen-bond acceptors (Lipinski definition) is 4. The van der Waals surface area contributed by atoms with Crippen molar-refractivity contribution in [3.8, 4) is 0 Å². The second-order valence-electron chi connectivity index (χ2n) is 8.20. The summed E-state index contributed by atoms with van der Waals surface area (Å²) in [6.45, 7) is 2.09. The molecule has 0 unspecified atom stereocenters. The molecule has 0 aromatic heterocycles. The number of nitrogens with zero attached hydrogens (tertiary/aromatic N) is 3. The molecule has 160 valence electrons. The fourth-order valence-electron chi connectivity index (χ4n) is 4.87. The minimum Gasteiger partial charge on any atom is -0.367 e. The zero-order valence-electron chi connectivity index (χ0n) is 17.0. The molecule has 1 spiro atoms. The third-order valence-electron chi connectivity index (χ3n) is 6.54. The molecule has 2 fully saturated rings. The van der Waals surface area contributed by atoms with E-state index in [0.29, 0.717) is 37.6 Å². The van der Waals surface area contributed by atoms with Crippen molar-refractivity contribution in [3.63, 3.8) is 0 Å². The van der Waals surface area contributed by atoms with Gasteiger partial charge in [0.2, 0.25) is 5.91 Å². The van der Waals surface area contributed by atoms with Gasteiger partial charge in [0.05, 0.1) is 10.7 Å². The van der Waals surface area contributed by atoms with E-state index >= 15 is 0 Å². The Kier molecular flexibility index (Phi) is 4.85. The molecule has 2 aliphatic heterocycles. The zero-order valence-corrected chi connectivity index (χ0v) is 17.8. The van der Waals surface area contributed by atoms with Crippen LogP contribution in [0.15, 0.2) is 48.5 Å². The largest absolute Gasteiger partial charge is 0.367 e. The second-order valence-corrected chi connectivity index (χ2v) is 8.61. The first kappa shape index (κ1) is 19.9. The number of amides is 4. The number of nitrogens with one attached hydrogen (secondary N) is 1. The lowest BCUT2D eigenvalue weighted by Gasteiger charge is -2.36. The van der Waals surface area contributed by atoms with Gasteiger partial charge in [-0.3, -0.25) is 14.5 Å². The Hall–Kier alpha value is -3.06. The molecule has 2 aromatic carbocycles. The number of halogens is 1. The van der Waals surface area contributed by atoms with Crippen molar-refractivity contribution in [1.82, 2.24) is 15.1 Å². The minimum absolute atomic E-state index is 0.217. The molecule has 4 amide bonds. The van der Waals surface area contributed by atoms with Gasteiger partial charge in [-0.15, -0.1) is 0 Å². The summed E-state index contributed by atoms with van der Waals surface area (Å²) < 4.78 is 0. The van der Waals surface area contributed by atoms with Gasteiger partial charge in [0.1, 0.15) is 12.1 Å². The summed E-state index contributed by atoms with van der Waals surface area (Å²) in [6, 6.07) is 14.8. The van der Waals surface area contributed by atoms with E-state index in [1.54, 1.807) is 4.90 Å². The molecule has 5 rings (SSSR count). The van der Waals surface area contributed by atoms with E-state index in [-0.39, 0.29) is 18.4 Å². The van der Waals surface area contributed by atoms with Crippen molar-refractivity contribution < 1.29 is 14.4 Å². The number of carbonyl (C=O) groups is 3. The maximum absolute atomic E-state index is 13.2. The number of piperazine rings is 1. The van der Waals surface area contributed by atoms with Crippen LogP contribution in [0.25, 0.3) is 0 Å². The lowest BCUT2D eigenvalue weighted by Crippen LogP contribution is -2.52. The Morgan fingerprint density at radius 3 is 2.48 bits per heavy atom. The Morgan fingerprint density at radius 2 is 1.71 bits per heavy atom. The van der Waals surface area contributed by atoms with Crippen molar-refractivity contribution in [2.75, 3.05) is 37.6 Å². The molecule has 0 radical (unpaired) electrons. The summed E-state index contributed by atoms with van der Waals surface area (Å²) in [5.41, 5.74) is 1.83. The van der Waals surface area contributed by atoms with E-state index in [2.05, 4.69) is 10.2 Å². The number of urea groups is 1. The molecule has 1 aliphatic carbocycles. The number of para-hydroxylation sites is 1. The van der Waals surface area contributed by atoms with Crippen LogP contribution in [0.1, 0.15) is 17.5 Å². The highest BCUT2D eigenvalue weighted by Crippen LogP contribution is 2.41. The van der Waals surface area contributed by atoms with Gasteiger partial charge in [0, 0.05) is 26.2 Å². The van der Waals surface area contributed by atoms with Crippen molar-refractivity contribution in [2.45, 2.75) is 18.4 Å². The number of aryl methyl sites for hydroxylation is 1. The number of benzene rings is 2. The van der Waals surface area contributed by atoms with Crippen molar-refractivity contribution in [1.29, 1.82) is 0 Å². The third kappa shape index (κ3) is 3.24. The van der Waals surface area contributed by atoms with E-state index in [0.717, 1.165) is 28.1 Å². The molecular weight excluding hydrogens is 416 g/mol. The molecule has 31 heavy (non-hydrogen) atoms. The monoisotopic (exact) mass is 438 g/mol. The van der Waals surface area contributed by atoms with Gasteiger partial charge >= 0.3 is 6.03 Å². The van der Waals surface area contributed by atoms with Gasteiger partial charge in [-0.2, -0.15) is 0 Å². The molecule has 0 bridgehead atoms. The van der Waals surface area contributed by atoms with Crippen LogP contribution in [-0.2, 0) is 21.5 Å². The van der Waals surface area contributed by atoms with Crippen LogP contribution in [0.2, 0.25) is 5.02 Å². The Bertz CT molecular complexity index is 1070. The van der Waals surface area contributed by atoms with Crippen molar-refractivity contribution >= 4 is 35.1 Å². The van der Waals surface area contributed by atoms with E-state index < -0.39 is 11.6 Å². The zero-order chi connectivity index (χ0) is 21.6. The lowest BCUT2D eigenvalue weighted by molar-refractivity contribution is -0.139. The number of rotatable bonds is 3. The van der Waals surface area contributed by atoms with Gasteiger partial charge in [-0.25, -0.2) is 4.79 Å². The first-order chi connectivity index (χ1) is 15.0. The lowest BCUT2D eigenvalue weighted by atomic mass is 9.92. The molecule has 3 aliphatic rings. The molecule has 7 nitrogen and oxygen atoms in total. The van der Waals surface area contributed by atoms with E-state index in [1.807, 2.05) is 48.5 Å². The SMILES string of the molecule is O=C(CN1C(=O)N[C@]2(CCc3ccccc32)C1=O)N1CCN(c2ccccc2Cl)CC1. The van der Waals surface area contributed by atoms with Crippen molar-refractivity contribution in [2.24, 2.45) is 0 Å². The van der Waals surface area contributed by atoms with E-state index in [9.17, 15) is 14.4 Å². The highest BCUT2D eigenvalue weighted by molar-refractivity contribution is 6.33. The van der Waals surface area contributed by atoms with Crippen molar-refractivity contribution in [3.05, 3.63) is 64.7 Å². The molecule has 1 N–H and O–H groups in total. The Morgan fingerprint density at radius 1 is 1.00 bits per heavy atom. The number of carbonyl (C=O) groups excluding carboxylic acids is 3. The number of hydrogen-bond donors (Lipinski definition) is 1. The fraction of sp³-hybridized carbons (Fsp3) is 0.348. The highest BCUT2D eigenvalue weighted by Gasteiger charge is 2.55. The van der Waals surface area contributed by atoms with Gasteiger partial charge < -0.3 is 15.1 Å². The van der Waals surface area contributed by atoms with Crippen LogP contribution in [0.4, 0.5) is 10.5 Å². The number of anilines is 1. The van der Waals surface area contributed by atoms with Crippen LogP contribution >= 0.6 is 11.6 Å². The molecular formula is C23H23ClN4O3. The smallest absolute Gasteiger partial charge is 0.325 e. The maximum Gasteiger partial charge on any atom is 0.325 e. The summed E-state index contributed by atoms with van der Waals surface area (Å²) in [5.74, 6) is -0.545. The van der Waals surface area contributed by atoms with Crippen LogP contribution in [0, 0.1) is 0 Å². The molecule has 0 saturated carbocycles. The normalized spacial score (nSPS) is 22.8. The van der Waals surface area contributed by atoms with Gasteiger partial charge in [0.15, 0.2) is 0 Å². The first-order valence-corrected chi connectivity index (χ1v) is 10.9. The predicted molar refractivity (Wildman–Crippen MR) is 117 cm³/mol. The van der Waals surface area contributed by atoms with Crippen LogP contribution in [-0.4, -0.2) is 60.4 Å². The third-order valence-corrected chi connectivity index (χ3v) is 6.86. The molecule has 8 heteroatoms. The molecule has 2 saturated heterocycles. The topological polar surface area (TPSA) is 73.0 Å². The Labute approximate surface area is 185 Å². The summed E-state index contributed by atoms with van der Waals surface area (Å²) >= 11 is 6.29. The van der Waals surface area contributed by atoms with Gasteiger partial charge in [0.25, 0.3) is 5.91 Å². The number of imide groups is 1. The first-order valence-electron chi connectivity index (χ1n) is 10.5.